The Bertz CT molecular complexity index is 141. The lowest BCUT2D eigenvalue weighted by Gasteiger charge is -2.12. The smallest absolute Gasteiger partial charge is 0.172 e. The maximum absolute atomic E-state index is 11.2. The number of rotatable bonds is 5. The zero-order chi connectivity index (χ0) is 8.81. The summed E-state index contributed by atoms with van der Waals surface area (Å²) >= 11 is 0. The van der Waals surface area contributed by atoms with Crippen LogP contribution < -0.4 is 0 Å². The van der Waals surface area contributed by atoms with Crippen molar-refractivity contribution in [3.63, 3.8) is 0 Å². The van der Waals surface area contributed by atoms with Crippen LogP contribution >= 0.6 is 0 Å². The third-order valence-electron chi connectivity index (χ3n) is 2.07. The molecule has 0 unspecified atom stereocenters. The van der Waals surface area contributed by atoms with E-state index >= 15 is 0 Å². The highest BCUT2D eigenvalue weighted by Gasteiger charge is 2.14. The minimum atomic E-state index is 0.207. The van der Waals surface area contributed by atoms with Crippen molar-refractivity contribution in [2.75, 3.05) is 32.8 Å². The van der Waals surface area contributed by atoms with Gasteiger partial charge in [-0.25, -0.2) is 0 Å². The first kappa shape index (κ1) is 9.68. The van der Waals surface area contributed by atoms with Crippen LogP contribution in [0.2, 0.25) is 0 Å². The molecule has 0 N–H and O–H groups in total. The molecule has 1 fully saturated rings. The molecule has 1 saturated heterocycles. The molecule has 0 aliphatic carbocycles. The fourth-order valence-electron chi connectivity index (χ4n) is 1.45. The normalized spacial score (nSPS) is 18.4. The van der Waals surface area contributed by atoms with Crippen LogP contribution in [0.3, 0.4) is 0 Å². The van der Waals surface area contributed by atoms with E-state index in [1.54, 1.807) is 0 Å². The molecule has 0 spiro atoms. The average molecular weight is 171 g/mol. The van der Waals surface area contributed by atoms with Gasteiger partial charge in [-0.1, -0.05) is 0 Å². The van der Waals surface area contributed by atoms with Gasteiger partial charge in [-0.2, -0.15) is 0 Å². The predicted octanol–water partition coefficient (Wildman–Crippen LogP) is 0.688. The van der Waals surface area contributed by atoms with E-state index in [1.807, 2.05) is 6.92 Å². The molecule has 1 heterocycles. The van der Waals surface area contributed by atoms with Gasteiger partial charge < -0.3 is 4.74 Å². The molecule has 70 valence electrons. The average Bonchev–Trinajstić information content (AvgIpc) is 2.53. The van der Waals surface area contributed by atoms with Gasteiger partial charge in [0.1, 0.15) is 6.61 Å². The Morgan fingerprint density at radius 2 is 2.08 bits per heavy atom. The lowest BCUT2D eigenvalue weighted by molar-refractivity contribution is -0.124. The molecular formula is C9H17NO2. The molecule has 0 aromatic rings. The number of ether oxygens (including phenoxy) is 1. The summed E-state index contributed by atoms with van der Waals surface area (Å²) in [6, 6.07) is 0. The number of ketones is 1. The van der Waals surface area contributed by atoms with E-state index in [0.717, 1.165) is 13.1 Å². The zero-order valence-electron chi connectivity index (χ0n) is 7.71. The monoisotopic (exact) mass is 171 g/mol. The number of hydrogen-bond acceptors (Lipinski definition) is 3. The molecule has 3 nitrogen and oxygen atoms in total. The van der Waals surface area contributed by atoms with E-state index < -0.39 is 0 Å². The summed E-state index contributed by atoms with van der Waals surface area (Å²) in [4.78, 5) is 13.4. The maximum atomic E-state index is 11.2. The molecule has 0 amide bonds. The molecule has 1 rings (SSSR count). The Morgan fingerprint density at radius 1 is 1.42 bits per heavy atom. The Kier molecular flexibility index (Phi) is 4.25. The van der Waals surface area contributed by atoms with Crippen LogP contribution in [0.4, 0.5) is 0 Å². The number of carbonyl (C=O) groups excluding carboxylic acids is 1. The predicted molar refractivity (Wildman–Crippen MR) is 47.2 cm³/mol. The van der Waals surface area contributed by atoms with Crippen molar-refractivity contribution < 1.29 is 9.53 Å². The Hall–Kier alpha value is -0.410. The van der Waals surface area contributed by atoms with E-state index in [2.05, 4.69) is 4.90 Å². The molecule has 3 heteroatoms. The van der Waals surface area contributed by atoms with Gasteiger partial charge in [0.15, 0.2) is 5.78 Å². The van der Waals surface area contributed by atoms with Gasteiger partial charge in [0.05, 0.1) is 6.54 Å². The number of Topliss-reactive ketones (excluding diaryl/α,β-unsaturated/α-hetero) is 1. The van der Waals surface area contributed by atoms with Crippen molar-refractivity contribution in [2.24, 2.45) is 0 Å². The molecule has 0 radical (unpaired) electrons. The lowest BCUT2D eigenvalue weighted by Crippen LogP contribution is -2.29. The number of carbonyl (C=O) groups is 1. The zero-order valence-corrected chi connectivity index (χ0v) is 7.71. The van der Waals surface area contributed by atoms with Crippen molar-refractivity contribution in [3.05, 3.63) is 0 Å². The molecule has 0 aromatic carbocycles. The van der Waals surface area contributed by atoms with Gasteiger partial charge in [-0.05, 0) is 32.9 Å². The first-order chi connectivity index (χ1) is 5.83. The Balaban J connectivity index is 2.08. The fourth-order valence-corrected chi connectivity index (χ4v) is 1.45. The Morgan fingerprint density at radius 3 is 2.67 bits per heavy atom. The van der Waals surface area contributed by atoms with Gasteiger partial charge in [0, 0.05) is 6.61 Å². The van der Waals surface area contributed by atoms with Crippen LogP contribution in [0, 0.1) is 0 Å². The summed E-state index contributed by atoms with van der Waals surface area (Å²) in [5, 5.41) is 0. The quantitative estimate of drug-likeness (QED) is 0.609. The maximum Gasteiger partial charge on any atom is 0.172 e. The second kappa shape index (κ2) is 5.27. The first-order valence-corrected chi connectivity index (χ1v) is 4.64. The Labute approximate surface area is 73.7 Å². The molecule has 1 aliphatic heterocycles. The molecule has 0 saturated carbocycles. The molecule has 0 aromatic heterocycles. The summed E-state index contributed by atoms with van der Waals surface area (Å²) in [5.74, 6) is 0.207. The van der Waals surface area contributed by atoms with Crippen molar-refractivity contribution in [1.29, 1.82) is 0 Å². The summed E-state index contributed by atoms with van der Waals surface area (Å²) in [6.45, 7) is 5.57. The van der Waals surface area contributed by atoms with Crippen molar-refractivity contribution in [2.45, 2.75) is 19.8 Å². The van der Waals surface area contributed by atoms with Gasteiger partial charge in [0.2, 0.25) is 0 Å². The topological polar surface area (TPSA) is 29.5 Å². The van der Waals surface area contributed by atoms with E-state index in [0.29, 0.717) is 13.2 Å². The number of hydrogen-bond donors (Lipinski definition) is 0. The lowest BCUT2D eigenvalue weighted by atomic mass is 10.4. The molecule has 0 bridgehead atoms. The SMILES string of the molecule is CCOCC(=O)CN1CCCC1. The summed E-state index contributed by atoms with van der Waals surface area (Å²) in [6.07, 6.45) is 2.48. The highest BCUT2D eigenvalue weighted by molar-refractivity contribution is 5.81. The van der Waals surface area contributed by atoms with Crippen LogP contribution in [0.1, 0.15) is 19.8 Å². The second-order valence-electron chi connectivity index (χ2n) is 3.16. The van der Waals surface area contributed by atoms with E-state index in [-0.39, 0.29) is 12.4 Å². The summed E-state index contributed by atoms with van der Waals surface area (Å²) < 4.78 is 5.03. The highest BCUT2D eigenvalue weighted by Crippen LogP contribution is 2.06. The van der Waals surface area contributed by atoms with Crippen LogP contribution in [0.25, 0.3) is 0 Å². The van der Waals surface area contributed by atoms with E-state index in [4.69, 9.17) is 4.74 Å². The van der Waals surface area contributed by atoms with E-state index in [1.165, 1.54) is 12.8 Å². The van der Waals surface area contributed by atoms with Gasteiger partial charge in [-0.15, -0.1) is 0 Å². The fraction of sp³-hybridized carbons (Fsp3) is 0.889. The second-order valence-corrected chi connectivity index (χ2v) is 3.16. The van der Waals surface area contributed by atoms with Crippen LogP contribution in [-0.4, -0.2) is 43.5 Å². The molecule has 0 atom stereocenters. The highest BCUT2D eigenvalue weighted by atomic mass is 16.5. The van der Waals surface area contributed by atoms with Crippen molar-refractivity contribution in [1.82, 2.24) is 4.90 Å². The minimum absolute atomic E-state index is 0.207. The standard InChI is InChI=1S/C9H17NO2/c1-2-12-8-9(11)7-10-5-3-4-6-10/h2-8H2,1H3. The van der Waals surface area contributed by atoms with Crippen LogP contribution in [0.15, 0.2) is 0 Å². The molecule has 12 heavy (non-hydrogen) atoms. The van der Waals surface area contributed by atoms with E-state index in [9.17, 15) is 4.79 Å². The van der Waals surface area contributed by atoms with Crippen molar-refractivity contribution >= 4 is 5.78 Å². The van der Waals surface area contributed by atoms with Gasteiger partial charge in [-0.3, -0.25) is 9.69 Å². The van der Waals surface area contributed by atoms with Crippen LogP contribution in [0.5, 0.6) is 0 Å². The summed E-state index contributed by atoms with van der Waals surface area (Å²) in [7, 11) is 0. The third-order valence-corrected chi connectivity index (χ3v) is 2.07. The third kappa shape index (κ3) is 3.32. The molecular weight excluding hydrogens is 154 g/mol. The molecule has 1 aliphatic rings. The number of nitrogens with zero attached hydrogens (tertiary/aromatic N) is 1. The number of likely N-dealkylation sites (tertiary alicyclic amines) is 1. The van der Waals surface area contributed by atoms with Crippen molar-refractivity contribution in [3.8, 4) is 0 Å². The van der Waals surface area contributed by atoms with Gasteiger partial charge in [0.25, 0.3) is 0 Å². The van der Waals surface area contributed by atoms with Crippen LogP contribution in [-0.2, 0) is 9.53 Å². The van der Waals surface area contributed by atoms with Gasteiger partial charge >= 0.3 is 0 Å². The minimum Gasteiger partial charge on any atom is -0.374 e. The summed E-state index contributed by atoms with van der Waals surface area (Å²) in [5.41, 5.74) is 0. The first-order valence-electron chi connectivity index (χ1n) is 4.64. The largest absolute Gasteiger partial charge is 0.374 e.